The number of hydrogen-bond donors (Lipinski definition) is 0. The third-order valence-corrected chi connectivity index (χ3v) is 5.40. The maximum Gasteiger partial charge on any atom is 0.236 e. The predicted molar refractivity (Wildman–Crippen MR) is 98.3 cm³/mol. The molecule has 2 aliphatic heterocycles. The summed E-state index contributed by atoms with van der Waals surface area (Å²) in [5.41, 5.74) is 2.27. The van der Waals surface area contributed by atoms with E-state index >= 15 is 0 Å². The van der Waals surface area contributed by atoms with Gasteiger partial charge in [0.05, 0.1) is 13.0 Å². The summed E-state index contributed by atoms with van der Waals surface area (Å²) in [7, 11) is 0. The van der Waals surface area contributed by atoms with Crippen molar-refractivity contribution in [1.29, 1.82) is 0 Å². The maximum atomic E-state index is 12.5. The number of amides is 2. The molecule has 2 fully saturated rings. The Morgan fingerprint density at radius 2 is 1.48 bits per heavy atom. The van der Waals surface area contributed by atoms with Crippen LogP contribution in [0.4, 0.5) is 0 Å². The lowest BCUT2D eigenvalue weighted by Gasteiger charge is -2.36. The van der Waals surface area contributed by atoms with E-state index in [0.29, 0.717) is 13.0 Å². The lowest BCUT2D eigenvalue weighted by molar-refractivity contribution is -0.135. The first-order valence-corrected chi connectivity index (χ1v) is 9.46. The van der Waals surface area contributed by atoms with Crippen molar-refractivity contribution < 1.29 is 9.59 Å². The molecule has 0 saturated carbocycles. The summed E-state index contributed by atoms with van der Waals surface area (Å²) in [4.78, 5) is 31.0. The molecule has 0 atom stereocenters. The van der Waals surface area contributed by atoms with Gasteiger partial charge in [0, 0.05) is 39.3 Å². The van der Waals surface area contributed by atoms with Crippen molar-refractivity contribution in [1.82, 2.24) is 14.7 Å². The average molecular weight is 343 g/mol. The number of likely N-dealkylation sites (tertiary alicyclic amines) is 1. The zero-order chi connectivity index (χ0) is 17.6. The molecule has 5 nitrogen and oxygen atoms in total. The molecule has 0 aromatic heterocycles. The minimum Gasteiger partial charge on any atom is -0.342 e. The Kier molecular flexibility index (Phi) is 6.08. The van der Waals surface area contributed by atoms with E-state index in [1.165, 1.54) is 12.0 Å². The van der Waals surface area contributed by atoms with Gasteiger partial charge in [-0.3, -0.25) is 14.5 Å². The predicted octanol–water partition coefficient (Wildman–Crippen LogP) is 1.69. The Morgan fingerprint density at radius 1 is 0.840 bits per heavy atom. The van der Waals surface area contributed by atoms with E-state index < -0.39 is 0 Å². The number of carbonyl (C=O) groups is 2. The van der Waals surface area contributed by atoms with Crippen LogP contribution >= 0.6 is 0 Å². The molecule has 0 N–H and O–H groups in total. The smallest absolute Gasteiger partial charge is 0.236 e. The Labute approximate surface area is 150 Å². The highest BCUT2D eigenvalue weighted by Crippen LogP contribution is 2.12. The SMILES string of the molecule is Cc1ccccc1CC(=O)N1CCN(CC(=O)N2CCCCC2)CC1. The molecule has 1 aromatic carbocycles. The molecule has 25 heavy (non-hydrogen) atoms. The van der Waals surface area contributed by atoms with Crippen LogP contribution in [-0.2, 0) is 16.0 Å². The molecule has 0 unspecified atom stereocenters. The topological polar surface area (TPSA) is 43.9 Å². The van der Waals surface area contributed by atoms with Gasteiger partial charge in [-0.2, -0.15) is 0 Å². The van der Waals surface area contributed by atoms with Crippen LogP contribution < -0.4 is 0 Å². The van der Waals surface area contributed by atoms with Gasteiger partial charge in [0.25, 0.3) is 0 Å². The summed E-state index contributed by atoms with van der Waals surface area (Å²) < 4.78 is 0. The van der Waals surface area contributed by atoms with Crippen LogP contribution in [0.5, 0.6) is 0 Å². The van der Waals surface area contributed by atoms with E-state index in [-0.39, 0.29) is 11.8 Å². The van der Waals surface area contributed by atoms with Gasteiger partial charge in [-0.05, 0) is 37.3 Å². The van der Waals surface area contributed by atoms with Crippen molar-refractivity contribution in [2.24, 2.45) is 0 Å². The summed E-state index contributed by atoms with van der Waals surface area (Å²) in [6.45, 7) is 7.39. The molecular weight excluding hydrogens is 314 g/mol. The van der Waals surface area contributed by atoms with Gasteiger partial charge < -0.3 is 9.80 Å². The van der Waals surface area contributed by atoms with Crippen LogP contribution in [-0.4, -0.2) is 72.3 Å². The fourth-order valence-electron chi connectivity index (χ4n) is 3.67. The molecular formula is C20H29N3O2. The second-order valence-electron chi connectivity index (χ2n) is 7.20. The Hall–Kier alpha value is -1.88. The van der Waals surface area contributed by atoms with Crippen LogP contribution in [0.2, 0.25) is 0 Å². The van der Waals surface area contributed by atoms with Crippen LogP contribution in [0.25, 0.3) is 0 Å². The standard InChI is InChI=1S/C20H29N3O2/c1-17-7-3-4-8-18(17)15-19(24)23-13-11-21(12-14-23)16-20(25)22-9-5-2-6-10-22/h3-4,7-8H,2,5-6,9-16H2,1H3. The monoisotopic (exact) mass is 343 g/mol. The van der Waals surface area contributed by atoms with Crippen molar-refractivity contribution >= 4 is 11.8 Å². The average Bonchev–Trinajstić information content (AvgIpc) is 2.65. The highest BCUT2D eigenvalue weighted by Gasteiger charge is 2.24. The van der Waals surface area contributed by atoms with Gasteiger partial charge in [0.2, 0.25) is 11.8 Å². The molecule has 2 amide bonds. The van der Waals surface area contributed by atoms with Gasteiger partial charge in [0.1, 0.15) is 0 Å². The molecule has 0 radical (unpaired) electrons. The van der Waals surface area contributed by atoms with Gasteiger partial charge in [-0.1, -0.05) is 24.3 Å². The van der Waals surface area contributed by atoms with Crippen LogP contribution in [0.3, 0.4) is 0 Å². The zero-order valence-electron chi connectivity index (χ0n) is 15.2. The highest BCUT2D eigenvalue weighted by molar-refractivity contribution is 5.80. The number of hydrogen-bond acceptors (Lipinski definition) is 3. The molecule has 5 heteroatoms. The molecule has 0 bridgehead atoms. The lowest BCUT2D eigenvalue weighted by Crippen LogP contribution is -2.52. The normalized spacial score (nSPS) is 19.1. The van der Waals surface area contributed by atoms with E-state index in [4.69, 9.17) is 0 Å². The summed E-state index contributed by atoms with van der Waals surface area (Å²) in [5.74, 6) is 0.440. The Morgan fingerprint density at radius 3 is 2.16 bits per heavy atom. The summed E-state index contributed by atoms with van der Waals surface area (Å²) in [6.07, 6.45) is 3.98. The fourth-order valence-corrected chi connectivity index (χ4v) is 3.67. The first kappa shape index (κ1) is 17.9. The second-order valence-corrected chi connectivity index (χ2v) is 7.20. The van der Waals surface area contributed by atoms with Crippen LogP contribution in [0, 0.1) is 6.92 Å². The highest BCUT2D eigenvalue weighted by atomic mass is 16.2. The van der Waals surface area contributed by atoms with Crippen LogP contribution in [0.15, 0.2) is 24.3 Å². The molecule has 136 valence electrons. The van der Waals surface area contributed by atoms with E-state index in [1.807, 2.05) is 41.0 Å². The summed E-state index contributed by atoms with van der Waals surface area (Å²) in [5, 5.41) is 0. The van der Waals surface area contributed by atoms with E-state index in [2.05, 4.69) is 4.90 Å². The maximum absolute atomic E-state index is 12.5. The van der Waals surface area contributed by atoms with Gasteiger partial charge >= 0.3 is 0 Å². The van der Waals surface area contributed by atoms with Crippen molar-refractivity contribution in [3.63, 3.8) is 0 Å². The zero-order valence-corrected chi connectivity index (χ0v) is 15.2. The quantitative estimate of drug-likeness (QED) is 0.836. The number of piperazine rings is 1. The van der Waals surface area contributed by atoms with E-state index in [9.17, 15) is 9.59 Å². The lowest BCUT2D eigenvalue weighted by atomic mass is 10.1. The number of aryl methyl sites for hydroxylation is 1. The van der Waals surface area contributed by atoms with Crippen LogP contribution in [0.1, 0.15) is 30.4 Å². The molecule has 1 aromatic rings. The molecule has 0 spiro atoms. The van der Waals surface area contributed by atoms with E-state index in [0.717, 1.165) is 57.7 Å². The third-order valence-electron chi connectivity index (χ3n) is 5.40. The Bertz CT molecular complexity index is 603. The number of piperidine rings is 1. The fraction of sp³-hybridized carbons (Fsp3) is 0.600. The van der Waals surface area contributed by atoms with Crippen molar-refractivity contribution in [3.8, 4) is 0 Å². The second kappa shape index (κ2) is 8.48. The number of nitrogens with zero attached hydrogens (tertiary/aromatic N) is 3. The van der Waals surface area contributed by atoms with Crippen molar-refractivity contribution in [2.45, 2.75) is 32.6 Å². The minimum atomic E-state index is 0.191. The first-order chi connectivity index (χ1) is 12.1. The van der Waals surface area contributed by atoms with Gasteiger partial charge in [-0.25, -0.2) is 0 Å². The molecule has 3 rings (SSSR count). The summed E-state index contributed by atoms with van der Waals surface area (Å²) in [6, 6.07) is 8.06. The minimum absolute atomic E-state index is 0.191. The first-order valence-electron chi connectivity index (χ1n) is 9.46. The third kappa shape index (κ3) is 4.82. The Balaban J connectivity index is 1.44. The molecule has 2 heterocycles. The summed E-state index contributed by atoms with van der Waals surface area (Å²) >= 11 is 0. The molecule has 2 saturated heterocycles. The van der Waals surface area contributed by atoms with Gasteiger partial charge in [0.15, 0.2) is 0 Å². The molecule has 2 aliphatic rings. The molecule has 0 aliphatic carbocycles. The largest absolute Gasteiger partial charge is 0.342 e. The number of carbonyl (C=O) groups excluding carboxylic acids is 2. The van der Waals surface area contributed by atoms with Crippen molar-refractivity contribution in [3.05, 3.63) is 35.4 Å². The van der Waals surface area contributed by atoms with Crippen molar-refractivity contribution in [2.75, 3.05) is 45.8 Å². The number of benzene rings is 1. The van der Waals surface area contributed by atoms with Gasteiger partial charge in [-0.15, -0.1) is 0 Å². The number of rotatable bonds is 4. The van der Waals surface area contributed by atoms with E-state index in [1.54, 1.807) is 0 Å².